The van der Waals surface area contributed by atoms with E-state index in [4.69, 9.17) is 4.98 Å². The van der Waals surface area contributed by atoms with Crippen molar-refractivity contribution in [1.29, 1.82) is 0 Å². The molecular formula is C40H26N2S. The van der Waals surface area contributed by atoms with E-state index < -0.39 is 0 Å². The van der Waals surface area contributed by atoms with Crippen LogP contribution in [0.5, 0.6) is 0 Å². The van der Waals surface area contributed by atoms with E-state index in [0.717, 1.165) is 11.3 Å². The van der Waals surface area contributed by atoms with Gasteiger partial charge in [0.25, 0.3) is 0 Å². The Bertz CT molecular complexity index is 2310. The molecule has 0 atom stereocenters. The monoisotopic (exact) mass is 566 g/mol. The standard InChI is InChI=1S/C40H26N2S/c1-25-41-34-16-9-17-36-40(34)42(25)35-23-22-29(24-37(35)43-36)26-18-20-28(21-19-26)39-32-14-7-5-12-30(32)38(27-10-3-2-4-11-27)31-13-6-8-15-33(31)39/h2-24H,1H3. The van der Waals surface area contributed by atoms with Crippen LogP contribution in [0.15, 0.2) is 149 Å². The van der Waals surface area contributed by atoms with Crippen molar-refractivity contribution in [2.24, 2.45) is 0 Å². The Morgan fingerprint density at radius 3 is 1.70 bits per heavy atom. The lowest BCUT2D eigenvalue weighted by atomic mass is 9.86. The molecule has 0 saturated carbocycles. The molecule has 202 valence electrons. The predicted molar refractivity (Wildman–Crippen MR) is 181 cm³/mol. The number of fused-ring (bicyclic) bond motifs is 4. The first-order chi connectivity index (χ1) is 21.2. The molecule has 43 heavy (non-hydrogen) atoms. The molecule has 2 nitrogen and oxygen atoms in total. The summed E-state index contributed by atoms with van der Waals surface area (Å²) < 4.78 is 2.30. The fraction of sp³-hybridized carbons (Fsp3) is 0.0250. The van der Waals surface area contributed by atoms with E-state index in [0.29, 0.717) is 0 Å². The lowest BCUT2D eigenvalue weighted by Gasteiger charge is -2.20. The molecule has 8 aromatic rings. The van der Waals surface area contributed by atoms with Gasteiger partial charge in [0.1, 0.15) is 5.82 Å². The lowest BCUT2D eigenvalue weighted by Crippen LogP contribution is -2.03. The molecule has 0 spiro atoms. The van der Waals surface area contributed by atoms with E-state index in [1.54, 1.807) is 0 Å². The van der Waals surface area contributed by atoms with Crippen molar-refractivity contribution in [3.8, 4) is 39.1 Å². The highest BCUT2D eigenvalue weighted by Gasteiger charge is 2.22. The van der Waals surface area contributed by atoms with Crippen LogP contribution in [-0.4, -0.2) is 9.55 Å². The number of hydrogen-bond acceptors (Lipinski definition) is 2. The largest absolute Gasteiger partial charge is 0.294 e. The van der Waals surface area contributed by atoms with Crippen molar-refractivity contribution in [1.82, 2.24) is 9.55 Å². The molecule has 3 heteroatoms. The first-order valence-electron chi connectivity index (χ1n) is 14.6. The zero-order valence-electron chi connectivity index (χ0n) is 23.6. The fourth-order valence-corrected chi connectivity index (χ4v) is 7.98. The number of aryl methyl sites for hydroxylation is 1. The third kappa shape index (κ3) is 3.72. The molecule has 1 aliphatic heterocycles. The van der Waals surface area contributed by atoms with E-state index in [1.807, 2.05) is 11.8 Å². The van der Waals surface area contributed by atoms with Crippen molar-refractivity contribution in [3.63, 3.8) is 0 Å². The third-order valence-electron chi connectivity index (χ3n) is 8.73. The maximum Gasteiger partial charge on any atom is 0.111 e. The first kappa shape index (κ1) is 24.5. The van der Waals surface area contributed by atoms with Gasteiger partial charge in [0.05, 0.1) is 16.7 Å². The fourth-order valence-electron chi connectivity index (χ4n) is 6.85. The highest BCUT2D eigenvalue weighted by Crippen LogP contribution is 2.46. The van der Waals surface area contributed by atoms with Crippen LogP contribution in [0.4, 0.5) is 0 Å². The highest BCUT2D eigenvalue weighted by molar-refractivity contribution is 7.99. The molecule has 0 N–H and O–H groups in total. The predicted octanol–water partition coefficient (Wildman–Crippen LogP) is 11.1. The molecule has 0 saturated heterocycles. The lowest BCUT2D eigenvalue weighted by molar-refractivity contribution is 0.963. The van der Waals surface area contributed by atoms with E-state index in [2.05, 4.69) is 151 Å². The summed E-state index contributed by atoms with van der Waals surface area (Å²) in [7, 11) is 0. The highest BCUT2D eigenvalue weighted by atomic mass is 32.2. The van der Waals surface area contributed by atoms with Gasteiger partial charge in [0.15, 0.2) is 0 Å². The third-order valence-corrected chi connectivity index (χ3v) is 9.82. The van der Waals surface area contributed by atoms with Crippen LogP contribution in [0.1, 0.15) is 5.82 Å². The van der Waals surface area contributed by atoms with Crippen molar-refractivity contribution in [2.45, 2.75) is 16.7 Å². The van der Waals surface area contributed by atoms with E-state index in [1.165, 1.54) is 75.9 Å². The van der Waals surface area contributed by atoms with E-state index in [-0.39, 0.29) is 0 Å². The van der Waals surface area contributed by atoms with Crippen LogP contribution in [0.3, 0.4) is 0 Å². The SMILES string of the molecule is Cc1nc2cccc3c2n1-c1ccc(-c2ccc(-c4c5ccccc5c(-c5ccccc5)c5ccccc45)cc2)cc1S3. The van der Waals surface area contributed by atoms with Crippen molar-refractivity contribution >= 4 is 44.3 Å². The Kier molecular flexibility index (Phi) is 5.38. The van der Waals surface area contributed by atoms with Gasteiger partial charge in [-0.1, -0.05) is 127 Å². The number of benzene rings is 7. The number of imidazole rings is 1. The molecule has 0 aliphatic carbocycles. The Morgan fingerprint density at radius 2 is 1.05 bits per heavy atom. The quantitative estimate of drug-likeness (QED) is 0.198. The topological polar surface area (TPSA) is 17.8 Å². The minimum atomic E-state index is 1.03. The van der Waals surface area contributed by atoms with Crippen LogP contribution < -0.4 is 0 Å². The zero-order valence-corrected chi connectivity index (χ0v) is 24.4. The van der Waals surface area contributed by atoms with Gasteiger partial charge in [-0.3, -0.25) is 4.57 Å². The molecule has 7 aromatic carbocycles. The van der Waals surface area contributed by atoms with Gasteiger partial charge < -0.3 is 0 Å². The smallest absolute Gasteiger partial charge is 0.111 e. The number of rotatable bonds is 3. The average Bonchev–Trinajstić information content (AvgIpc) is 3.41. The van der Waals surface area contributed by atoms with Crippen molar-refractivity contribution in [2.75, 3.05) is 0 Å². The summed E-state index contributed by atoms with van der Waals surface area (Å²) in [6.07, 6.45) is 0. The second kappa shape index (κ2) is 9.45. The molecule has 0 radical (unpaired) electrons. The van der Waals surface area contributed by atoms with Gasteiger partial charge in [-0.15, -0.1) is 0 Å². The van der Waals surface area contributed by atoms with Crippen molar-refractivity contribution < 1.29 is 0 Å². The molecule has 0 bridgehead atoms. The summed E-state index contributed by atoms with van der Waals surface area (Å²) in [6.45, 7) is 2.09. The van der Waals surface area contributed by atoms with Gasteiger partial charge in [0, 0.05) is 9.79 Å². The summed E-state index contributed by atoms with van der Waals surface area (Å²) in [6, 6.07) is 50.8. The molecule has 0 fully saturated rings. The van der Waals surface area contributed by atoms with Crippen LogP contribution in [0.2, 0.25) is 0 Å². The van der Waals surface area contributed by atoms with Crippen LogP contribution in [0, 0.1) is 6.92 Å². The van der Waals surface area contributed by atoms with Gasteiger partial charge in [0.2, 0.25) is 0 Å². The minimum absolute atomic E-state index is 1.03. The maximum atomic E-state index is 4.82. The maximum absolute atomic E-state index is 4.82. The van der Waals surface area contributed by atoms with Gasteiger partial charge >= 0.3 is 0 Å². The Morgan fingerprint density at radius 1 is 0.488 bits per heavy atom. The molecular weight excluding hydrogens is 541 g/mol. The van der Waals surface area contributed by atoms with E-state index >= 15 is 0 Å². The second-order valence-electron chi connectivity index (χ2n) is 11.2. The van der Waals surface area contributed by atoms with Crippen LogP contribution >= 0.6 is 11.8 Å². The molecule has 2 heterocycles. The van der Waals surface area contributed by atoms with Crippen LogP contribution in [-0.2, 0) is 0 Å². The second-order valence-corrected chi connectivity index (χ2v) is 12.3. The van der Waals surface area contributed by atoms with Gasteiger partial charge in [-0.2, -0.15) is 0 Å². The Labute approximate surface area is 254 Å². The number of hydrogen-bond donors (Lipinski definition) is 0. The number of para-hydroxylation sites is 1. The average molecular weight is 567 g/mol. The number of nitrogens with zero attached hydrogens (tertiary/aromatic N) is 2. The minimum Gasteiger partial charge on any atom is -0.294 e. The van der Waals surface area contributed by atoms with E-state index in [9.17, 15) is 0 Å². The van der Waals surface area contributed by atoms with Gasteiger partial charge in [-0.05, 0) is 86.1 Å². The molecule has 9 rings (SSSR count). The molecule has 1 aliphatic rings. The Balaban J connectivity index is 1.18. The number of aromatic nitrogens is 2. The van der Waals surface area contributed by atoms with Gasteiger partial charge in [-0.25, -0.2) is 4.98 Å². The normalized spacial score (nSPS) is 12.2. The molecule has 1 aromatic heterocycles. The summed E-state index contributed by atoms with van der Waals surface area (Å²) >= 11 is 1.84. The first-order valence-corrected chi connectivity index (χ1v) is 15.5. The molecule has 0 unspecified atom stereocenters. The Hall–Kier alpha value is -5.12. The summed E-state index contributed by atoms with van der Waals surface area (Å²) in [5.41, 5.74) is 11.0. The zero-order chi connectivity index (χ0) is 28.5. The summed E-state index contributed by atoms with van der Waals surface area (Å²) in [5.74, 6) is 1.03. The summed E-state index contributed by atoms with van der Waals surface area (Å²) in [5, 5.41) is 5.11. The summed E-state index contributed by atoms with van der Waals surface area (Å²) in [4.78, 5) is 7.34. The van der Waals surface area contributed by atoms with Crippen LogP contribution in [0.25, 0.3) is 71.6 Å². The molecule has 0 amide bonds. The van der Waals surface area contributed by atoms with Crippen molar-refractivity contribution in [3.05, 3.63) is 145 Å².